The quantitative estimate of drug-likeness (QED) is 0.506. The van der Waals surface area contributed by atoms with E-state index < -0.39 is 11.6 Å². The molecule has 7 nitrogen and oxygen atoms in total. The van der Waals surface area contributed by atoms with Gasteiger partial charge in [-0.25, -0.2) is 8.78 Å². The number of nitrogens with zero attached hydrogens (tertiary/aromatic N) is 3. The second kappa shape index (κ2) is 11.3. The van der Waals surface area contributed by atoms with Gasteiger partial charge in [0.2, 0.25) is 0 Å². The number of carbonyl (C=O) groups excluding carboxylic acids is 1. The fourth-order valence-electron chi connectivity index (χ4n) is 3.54. The lowest BCUT2D eigenvalue weighted by molar-refractivity contribution is -0.122. The number of hydrogen-bond acceptors (Lipinski definition) is 4. The van der Waals surface area contributed by atoms with Gasteiger partial charge >= 0.3 is 0 Å². The molecule has 0 aliphatic carbocycles. The van der Waals surface area contributed by atoms with Crippen molar-refractivity contribution in [2.75, 3.05) is 51.3 Å². The number of guanidine groups is 1. The molecule has 0 bridgehead atoms. The molecule has 1 aliphatic heterocycles. The van der Waals surface area contributed by atoms with E-state index in [0.29, 0.717) is 45.0 Å². The number of anilines is 1. The van der Waals surface area contributed by atoms with Crippen LogP contribution < -0.4 is 20.3 Å². The van der Waals surface area contributed by atoms with Crippen LogP contribution in [0.2, 0.25) is 0 Å². The molecule has 0 unspecified atom stereocenters. The van der Waals surface area contributed by atoms with Crippen LogP contribution in [0.1, 0.15) is 12.5 Å². The number of halogens is 2. The molecule has 1 aliphatic rings. The Morgan fingerprint density at radius 3 is 2.59 bits per heavy atom. The maximum Gasteiger partial charge on any atom is 0.257 e. The first-order valence-corrected chi connectivity index (χ1v) is 10.6. The monoisotopic (exact) mass is 445 g/mol. The summed E-state index contributed by atoms with van der Waals surface area (Å²) in [6, 6.07) is 11.0. The van der Waals surface area contributed by atoms with Crippen molar-refractivity contribution in [1.82, 2.24) is 15.5 Å². The van der Waals surface area contributed by atoms with Crippen LogP contribution in [-0.2, 0) is 11.3 Å². The minimum atomic E-state index is -0.446. The summed E-state index contributed by atoms with van der Waals surface area (Å²) in [6.07, 6.45) is 0. The summed E-state index contributed by atoms with van der Waals surface area (Å²) >= 11 is 0. The van der Waals surface area contributed by atoms with Gasteiger partial charge in [-0.1, -0.05) is 12.1 Å². The fraction of sp³-hybridized carbons (Fsp3) is 0.391. The lowest BCUT2D eigenvalue weighted by Gasteiger charge is -2.37. The highest BCUT2D eigenvalue weighted by Gasteiger charge is 2.22. The summed E-state index contributed by atoms with van der Waals surface area (Å²) in [5, 5.41) is 6.02. The number of ether oxygens (including phenoxy) is 1. The van der Waals surface area contributed by atoms with E-state index in [1.807, 2.05) is 36.1 Å². The Kier molecular flexibility index (Phi) is 8.24. The van der Waals surface area contributed by atoms with Crippen LogP contribution in [0.25, 0.3) is 0 Å². The molecule has 0 atom stereocenters. The predicted octanol–water partition coefficient (Wildman–Crippen LogP) is 2.38. The van der Waals surface area contributed by atoms with Crippen LogP contribution in [0.4, 0.5) is 14.5 Å². The summed E-state index contributed by atoms with van der Waals surface area (Å²) < 4.78 is 33.1. The van der Waals surface area contributed by atoms with Crippen LogP contribution in [0.3, 0.4) is 0 Å². The van der Waals surface area contributed by atoms with Crippen molar-refractivity contribution in [3.8, 4) is 5.75 Å². The number of likely N-dealkylation sites (N-methyl/N-ethyl adjacent to an activating group) is 1. The molecule has 1 fully saturated rings. The molecular formula is C23H29F2N5O2. The van der Waals surface area contributed by atoms with E-state index in [-0.39, 0.29) is 18.2 Å². The minimum absolute atomic E-state index is 0.0252. The summed E-state index contributed by atoms with van der Waals surface area (Å²) in [5.41, 5.74) is 1.28. The molecular weight excluding hydrogens is 416 g/mol. The van der Waals surface area contributed by atoms with Gasteiger partial charge in [0.05, 0.1) is 5.69 Å². The average molecular weight is 446 g/mol. The Hall–Kier alpha value is -3.36. The van der Waals surface area contributed by atoms with Crippen molar-refractivity contribution >= 4 is 17.6 Å². The lowest BCUT2D eigenvalue weighted by Crippen LogP contribution is -2.52. The van der Waals surface area contributed by atoms with Crippen molar-refractivity contribution < 1.29 is 18.3 Å². The molecule has 0 spiro atoms. The Labute approximate surface area is 187 Å². The first kappa shape index (κ1) is 23.3. The molecule has 172 valence electrons. The molecule has 32 heavy (non-hydrogen) atoms. The zero-order valence-corrected chi connectivity index (χ0v) is 18.4. The maximum absolute atomic E-state index is 14.1. The van der Waals surface area contributed by atoms with Crippen LogP contribution in [-0.4, -0.2) is 63.1 Å². The molecule has 9 heteroatoms. The third kappa shape index (κ3) is 6.32. The molecule has 3 rings (SSSR count). The third-order valence-electron chi connectivity index (χ3n) is 5.13. The zero-order valence-electron chi connectivity index (χ0n) is 18.4. The number of piperazine rings is 1. The first-order valence-electron chi connectivity index (χ1n) is 10.6. The van der Waals surface area contributed by atoms with Gasteiger partial charge in [-0.15, -0.1) is 0 Å². The Morgan fingerprint density at radius 2 is 1.88 bits per heavy atom. The maximum atomic E-state index is 14.1. The van der Waals surface area contributed by atoms with Crippen LogP contribution >= 0.6 is 0 Å². The zero-order chi connectivity index (χ0) is 22.9. The number of hydrogen-bond donors (Lipinski definition) is 2. The molecule has 2 N–H and O–H groups in total. The second-order valence-electron chi connectivity index (χ2n) is 7.36. The highest BCUT2D eigenvalue weighted by molar-refractivity contribution is 5.80. The van der Waals surface area contributed by atoms with E-state index in [1.54, 1.807) is 7.05 Å². The number of benzene rings is 2. The highest BCUT2D eigenvalue weighted by atomic mass is 19.1. The standard InChI is InChI=1S/C23H29F2N5O2/c1-3-27-22(31)16-32-19-6-4-5-17(13-19)15-28-23(26-2)30-11-9-29(10-12-30)21-14-18(24)7-8-20(21)25/h4-8,13-14H,3,9-12,15-16H2,1-2H3,(H,26,28)(H,27,31). The van der Waals surface area contributed by atoms with E-state index >= 15 is 0 Å². The van der Waals surface area contributed by atoms with E-state index in [9.17, 15) is 13.6 Å². The molecule has 1 heterocycles. The predicted molar refractivity (Wildman–Crippen MR) is 121 cm³/mol. The van der Waals surface area contributed by atoms with Crippen molar-refractivity contribution in [2.24, 2.45) is 4.99 Å². The highest BCUT2D eigenvalue weighted by Crippen LogP contribution is 2.22. The molecule has 2 aromatic carbocycles. The van der Waals surface area contributed by atoms with Crippen molar-refractivity contribution in [1.29, 1.82) is 0 Å². The van der Waals surface area contributed by atoms with E-state index in [4.69, 9.17) is 4.74 Å². The van der Waals surface area contributed by atoms with E-state index in [1.165, 1.54) is 6.07 Å². The molecule has 1 saturated heterocycles. The van der Waals surface area contributed by atoms with Crippen LogP contribution in [0.5, 0.6) is 5.75 Å². The van der Waals surface area contributed by atoms with Gasteiger partial charge in [-0.05, 0) is 36.8 Å². The van der Waals surface area contributed by atoms with Crippen molar-refractivity contribution in [3.05, 3.63) is 59.7 Å². The van der Waals surface area contributed by atoms with Gasteiger partial charge in [-0.2, -0.15) is 0 Å². The number of amides is 1. The first-order chi connectivity index (χ1) is 15.5. The Bertz CT molecular complexity index is 946. The summed E-state index contributed by atoms with van der Waals surface area (Å²) in [4.78, 5) is 19.9. The number of aliphatic imine (C=N–C) groups is 1. The Balaban J connectivity index is 1.52. The fourth-order valence-corrected chi connectivity index (χ4v) is 3.54. The summed E-state index contributed by atoms with van der Waals surface area (Å²) in [6.45, 7) is 5.31. The van der Waals surface area contributed by atoms with Gasteiger partial charge in [-0.3, -0.25) is 9.79 Å². The Morgan fingerprint density at radius 1 is 1.09 bits per heavy atom. The van der Waals surface area contributed by atoms with Crippen LogP contribution in [0.15, 0.2) is 47.5 Å². The normalized spacial score (nSPS) is 14.3. The molecule has 0 saturated carbocycles. The topological polar surface area (TPSA) is 69.2 Å². The number of nitrogens with one attached hydrogen (secondary N) is 2. The number of rotatable bonds is 7. The summed E-state index contributed by atoms with van der Waals surface area (Å²) in [5.74, 6) is 0.332. The minimum Gasteiger partial charge on any atom is -0.484 e. The van der Waals surface area contributed by atoms with E-state index in [0.717, 1.165) is 23.7 Å². The average Bonchev–Trinajstić information content (AvgIpc) is 2.81. The van der Waals surface area contributed by atoms with Gasteiger partial charge in [0, 0.05) is 52.4 Å². The van der Waals surface area contributed by atoms with E-state index in [2.05, 4.69) is 20.5 Å². The van der Waals surface area contributed by atoms with Gasteiger partial charge in [0.15, 0.2) is 12.6 Å². The largest absolute Gasteiger partial charge is 0.484 e. The smallest absolute Gasteiger partial charge is 0.257 e. The molecule has 1 amide bonds. The molecule has 0 radical (unpaired) electrons. The molecule has 0 aromatic heterocycles. The lowest BCUT2D eigenvalue weighted by atomic mass is 10.2. The SMILES string of the molecule is CCNC(=O)COc1cccc(CNC(=NC)N2CCN(c3cc(F)ccc3F)CC2)c1. The van der Waals surface area contributed by atoms with Crippen LogP contribution in [0, 0.1) is 11.6 Å². The van der Waals surface area contributed by atoms with Crippen molar-refractivity contribution in [3.63, 3.8) is 0 Å². The number of carbonyl (C=O) groups is 1. The second-order valence-corrected chi connectivity index (χ2v) is 7.36. The third-order valence-corrected chi connectivity index (χ3v) is 5.13. The van der Waals surface area contributed by atoms with Crippen molar-refractivity contribution in [2.45, 2.75) is 13.5 Å². The van der Waals surface area contributed by atoms with Gasteiger partial charge < -0.3 is 25.2 Å². The molecule has 2 aromatic rings. The van der Waals surface area contributed by atoms with Gasteiger partial charge in [0.1, 0.15) is 17.4 Å². The van der Waals surface area contributed by atoms with Gasteiger partial charge in [0.25, 0.3) is 5.91 Å². The summed E-state index contributed by atoms with van der Waals surface area (Å²) in [7, 11) is 1.72.